The van der Waals surface area contributed by atoms with Crippen LogP contribution in [0, 0.1) is 5.92 Å². The highest BCUT2D eigenvalue weighted by Gasteiger charge is 2.28. The fraction of sp³-hybridized carbons (Fsp3) is 1.00. The topological polar surface area (TPSA) is 38.7 Å². The van der Waals surface area contributed by atoms with Gasteiger partial charge in [-0.3, -0.25) is 0 Å². The molecule has 1 heterocycles. The molecule has 0 radical (unpaired) electrons. The summed E-state index contributed by atoms with van der Waals surface area (Å²) in [7, 11) is 0. The van der Waals surface area contributed by atoms with E-state index >= 15 is 0 Å². The van der Waals surface area contributed by atoms with Crippen LogP contribution in [-0.2, 0) is 9.47 Å². The molecule has 0 aromatic heterocycles. The van der Waals surface area contributed by atoms with Gasteiger partial charge in [0.05, 0.1) is 12.7 Å². The maximum Gasteiger partial charge on any atom is 0.160 e. The van der Waals surface area contributed by atoms with Gasteiger partial charge in [-0.15, -0.1) is 0 Å². The Morgan fingerprint density at radius 2 is 2.09 bits per heavy atom. The van der Waals surface area contributed by atoms with Gasteiger partial charge in [0.15, 0.2) is 6.29 Å². The van der Waals surface area contributed by atoms with Crippen LogP contribution in [0.3, 0.4) is 0 Å². The fourth-order valence-corrected chi connectivity index (χ4v) is 1.02. The van der Waals surface area contributed by atoms with Crippen LogP contribution in [0.5, 0.6) is 0 Å². The van der Waals surface area contributed by atoms with Crippen molar-refractivity contribution in [2.45, 2.75) is 39.3 Å². The summed E-state index contributed by atoms with van der Waals surface area (Å²) in [5.41, 5.74) is 0. The molecule has 0 aromatic carbocycles. The first-order valence-electron chi connectivity index (χ1n) is 4.06. The summed E-state index contributed by atoms with van der Waals surface area (Å²) < 4.78 is 10.6. The average Bonchev–Trinajstić information content (AvgIpc) is 1.94. The first-order chi connectivity index (χ1) is 5.11. The van der Waals surface area contributed by atoms with E-state index in [0.717, 1.165) is 0 Å². The van der Waals surface area contributed by atoms with E-state index in [1.165, 1.54) is 0 Å². The molecule has 0 saturated carbocycles. The van der Waals surface area contributed by atoms with Gasteiger partial charge in [-0.05, 0) is 6.92 Å². The lowest BCUT2D eigenvalue weighted by atomic mass is 10.1. The normalized spacial score (nSPS) is 39.5. The van der Waals surface area contributed by atoms with E-state index in [1.54, 1.807) is 0 Å². The number of aliphatic hydroxyl groups is 1. The molecule has 3 unspecified atom stereocenters. The molecule has 0 aliphatic carbocycles. The van der Waals surface area contributed by atoms with Gasteiger partial charge < -0.3 is 14.6 Å². The first kappa shape index (κ1) is 8.97. The van der Waals surface area contributed by atoms with Gasteiger partial charge in [-0.25, -0.2) is 0 Å². The minimum atomic E-state index is -0.468. The summed E-state index contributed by atoms with van der Waals surface area (Å²) >= 11 is 0. The van der Waals surface area contributed by atoms with Crippen molar-refractivity contribution in [1.29, 1.82) is 0 Å². The summed E-state index contributed by atoms with van der Waals surface area (Å²) in [4.78, 5) is 0. The lowest BCUT2D eigenvalue weighted by Crippen LogP contribution is -2.43. The summed E-state index contributed by atoms with van der Waals surface area (Å²) in [5.74, 6) is 0.352. The van der Waals surface area contributed by atoms with Gasteiger partial charge in [0, 0.05) is 5.92 Å². The molecule has 1 rings (SSSR count). The molecule has 3 heteroatoms. The van der Waals surface area contributed by atoms with Gasteiger partial charge in [0.2, 0.25) is 0 Å². The highest BCUT2D eigenvalue weighted by molar-refractivity contribution is 4.70. The van der Waals surface area contributed by atoms with E-state index in [0.29, 0.717) is 12.5 Å². The Labute approximate surface area is 67.3 Å². The second-order valence-corrected chi connectivity index (χ2v) is 3.35. The first-order valence-corrected chi connectivity index (χ1v) is 4.06. The van der Waals surface area contributed by atoms with E-state index in [2.05, 4.69) is 0 Å². The number of hydrogen-bond donors (Lipinski definition) is 1. The molecule has 3 atom stereocenters. The second kappa shape index (κ2) is 3.52. The van der Waals surface area contributed by atoms with Crippen molar-refractivity contribution in [2.24, 2.45) is 5.92 Å². The molecular formula is C8H16O3. The highest BCUT2D eigenvalue weighted by Crippen LogP contribution is 2.18. The van der Waals surface area contributed by atoms with Crippen LogP contribution < -0.4 is 0 Å². The third-order valence-electron chi connectivity index (χ3n) is 1.87. The molecule has 0 amide bonds. The van der Waals surface area contributed by atoms with E-state index in [9.17, 15) is 5.11 Å². The summed E-state index contributed by atoms with van der Waals surface area (Å²) in [6, 6.07) is 0. The van der Waals surface area contributed by atoms with Gasteiger partial charge in [-0.1, -0.05) is 13.8 Å². The molecule has 1 N–H and O–H groups in total. The van der Waals surface area contributed by atoms with Crippen molar-refractivity contribution >= 4 is 0 Å². The Kier molecular flexibility index (Phi) is 2.87. The molecule has 1 saturated heterocycles. The van der Waals surface area contributed by atoms with Crippen molar-refractivity contribution in [3.05, 3.63) is 0 Å². The van der Waals surface area contributed by atoms with Crippen molar-refractivity contribution < 1.29 is 14.6 Å². The van der Waals surface area contributed by atoms with Crippen LogP contribution in [0.15, 0.2) is 0 Å². The Hall–Kier alpha value is -0.120. The molecular weight excluding hydrogens is 144 g/mol. The van der Waals surface area contributed by atoms with Crippen molar-refractivity contribution in [2.75, 3.05) is 6.61 Å². The van der Waals surface area contributed by atoms with Crippen LogP contribution in [0.1, 0.15) is 20.8 Å². The largest absolute Gasteiger partial charge is 0.388 e. The molecule has 1 aliphatic heterocycles. The molecule has 1 aliphatic rings. The third-order valence-corrected chi connectivity index (χ3v) is 1.87. The van der Waals surface area contributed by atoms with Crippen LogP contribution in [0.25, 0.3) is 0 Å². The van der Waals surface area contributed by atoms with E-state index in [-0.39, 0.29) is 12.4 Å². The third kappa shape index (κ3) is 2.15. The van der Waals surface area contributed by atoms with Gasteiger partial charge in [-0.2, -0.15) is 0 Å². The number of hydrogen-bond acceptors (Lipinski definition) is 3. The zero-order chi connectivity index (χ0) is 8.43. The monoisotopic (exact) mass is 160 g/mol. The minimum absolute atomic E-state index is 0.101. The van der Waals surface area contributed by atoms with Crippen LogP contribution in [0.2, 0.25) is 0 Å². The predicted octanol–water partition coefficient (Wildman–Crippen LogP) is 0.765. The minimum Gasteiger partial charge on any atom is -0.388 e. The zero-order valence-electron chi connectivity index (χ0n) is 7.28. The van der Waals surface area contributed by atoms with E-state index in [1.807, 2.05) is 20.8 Å². The number of ether oxygens (including phenoxy) is 2. The molecule has 11 heavy (non-hydrogen) atoms. The smallest absolute Gasteiger partial charge is 0.160 e. The molecule has 1 fully saturated rings. The zero-order valence-corrected chi connectivity index (χ0v) is 7.28. The van der Waals surface area contributed by atoms with Crippen LogP contribution >= 0.6 is 0 Å². The SMILES string of the molecule is CC(C)C1OCC(O)C(C)O1. The Morgan fingerprint density at radius 1 is 1.45 bits per heavy atom. The lowest BCUT2D eigenvalue weighted by molar-refractivity contribution is -0.261. The summed E-state index contributed by atoms with van der Waals surface area (Å²) in [6.45, 7) is 6.33. The van der Waals surface area contributed by atoms with Crippen molar-refractivity contribution in [3.63, 3.8) is 0 Å². The Morgan fingerprint density at radius 3 is 2.55 bits per heavy atom. The molecule has 66 valence electrons. The van der Waals surface area contributed by atoms with Crippen molar-refractivity contribution in [1.82, 2.24) is 0 Å². The van der Waals surface area contributed by atoms with Crippen molar-refractivity contribution in [3.8, 4) is 0 Å². The fourth-order valence-electron chi connectivity index (χ4n) is 1.02. The van der Waals surface area contributed by atoms with Crippen LogP contribution in [-0.4, -0.2) is 30.2 Å². The molecule has 0 bridgehead atoms. The van der Waals surface area contributed by atoms with E-state index in [4.69, 9.17) is 9.47 Å². The maximum atomic E-state index is 9.23. The average molecular weight is 160 g/mol. The molecule has 3 nitrogen and oxygen atoms in total. The number of aliphatic hydroxyl groups excluding tert-OH is 1. The predicted molar refractivity (Wildman–Crippen MR) is 41.1 cm³/mol. The molecule has 0 spiro atoms. The van der Waals surface area contributed by atoms with E-state index < -0.39 is 6.10 Å². The standard InChI is InChI=1S/C8H16O3/c1-5(2)8-10-4-7(9)6(3)11-8/h5-9H,4H2,1-3H3. The molecule has 0 aromatic rings. The summed E-state index contributed by atoms with van der Waals surface area (Å²) in [5, 5.41) is 9.23. The van der Waals surface area contributed by atoms with Crippen LogP contribution in [0.4, 0.5) is 0 Å². The quantitative estimate of drug-likeness (QED) is 0.615. The second-order valence-electron chi connectivity index (χ2n) is 3.35. The van der Waals surface area contributed by atoms with Gasteiger partial charge in [0.25, 0.3) is 0 Å². The lowest BCUT2D eigenvalue weighted by Gasteiger charge is -2.33. The summed E-state index contributed by atoms with van der Waals surface area (Å²) in [6.07, 6.45) is -0.713. The van der Waals surface area contributed by atoms with Gasteiger partial charge >= 0.3 is 0 Å². The maximum absolute atomic E-state index is 9.23. The Bertz CT molecular complexity index is 125. The number of rotatable bonds is 1. The highest BCUT2D eigenvalue weighted by atomic mass is 16.7. The van der Waals surface area contributed by atoms with Gasteiger partial charge in [0.1, 0.15) is 6.10 Å². The Balaban J connectivity index is 2.40.